The van der Waals surface area contributed by atoms with Crippen LogP contribution in [-0.4, -0.2) is 34.7 Å². The van der Waals surface area contributed by atoms with Gasteiger partial charge in [0.15, 0.2) is 5.03 Å². The lowest BCUT2D eigenvalue weighted by molar-refractivity contribution is 0.0692. The Bertz CT molecular complexity index is 681. The zero-order valence-corrected chi connectivity index (χ0v) is 10.4. The van der Waals surface area contributed by atoms with Crippen LogP contribution in [0.1, 0.15) is 15.9 Å². The van der Waals surface area contributed by atoms with E-state index in [1.54, 1.807) is 18.3 Å². The molecule has 19 heavy (non-hydrogen) atoms. The fraction of sp³-hybridized carbons (Fsp3) is 0.100. The maximum Gasteiger partial charge on any atom is 0.340 e. The van der Waals surface area contributed by atoms with Crippen LogP contribution in [-0.2, 0) is 16.6 Å². The summed E-state index contributed by atoms with van der Waals surface area (Å²) in [7, 11) is -3.97. The minimum Gasteiger partial charge on any atom is -0.478 e. The number of aromatic carboxylic acids is 1. The Hall–Kier alpha value is -2.26. The number of hydrogen-bond donors (Lipinski definition) is 3. The molecule has 2 aromatic heterocycles. The van der Waals surface area contributed by atoms with E-state index in [2.05, 4.69) is 19.9 Å². The molecule has 0 aromatic carbocycles. The number of rotatable bonds is 5. The van der Waals surface area contributed by atoms with Gasteiger partial charge >= 0.3 is 5.97 Å². The number of pyridine rings is 1. The third kappa shape index (κ3) is 2.95. The molecule has 0 bridgehead atoms. The van der Waals surface area contributed by atoms with Crippen LogP contribution in [0, 0.1) is 0 Å². The smallest absolute Gasteiger partial charge is 0.340 e. The second-order valence-corrected chi connectivity index (χ2v) is 5.31. The Morgan fingerprint density at radius 2 is 2.21 bits per heavy atom. The van der Waals surface area contributed by atoms with Crippen molar-refractivity contribution in [2.75, 3.05) is 0 Å². The predicted molar refractivity (Wildman–Crippen MR) is 63.8 cm³/mol. The largest absolute Gasteiger partial charge is 0.478 e. The first-order valence-corrected chi connectivity index (χ1v) is 6.64. The van der Waals surface area contributed by atoms with Crippen LogP contribution in [0.25, 0.3) is 0 Å². The van der Waals surface area contributed by atoms with Crippen molar-refractivity contribution in [3.63, 3.8) is 0 Å². The Morgan fingerprint density at radius 1 is 1.42 bits per heavy atom. The van der Waals surface area contributed by atoms with E-state index in [1.807, 2.05) is 0 Å². The second kappa shape index (κ2) is 5.16. The van der Waals surface area contributed by atoms with Crippen molar-refractivity contribution < 1.29 is 18.3 Å². The van der Waals surface area contributed by atoms with Gasteiger partial charge in [0.25, 0.3) is 10.0 Å². The highest BCUT2D eigenvalue weighted by molar-refractivity contribution is 7.89. The standard InChI is InChI=1S/C10H10N4O4S/c15-10(16)8-6-12-14-9(8)19(17,18)13-5-7-2-1-3-11-4-7/h1-4,6,13H,5H2,(H,12,14)(H,15,16). The first-order valence-electron chi connectivity index (χ1n) is 5.16. The molecular weight excluding hydrogens is 272 g/mol. The van der Waals surface area contributed by atoms with Gasteiger partial charge in [0.1, 0.15) is 5.56 Å². The molecule has 2 rings (SSSR count). The highest BCUT2D eigenvalue weighted by atomic mass is 32.2. The van der Waals surface area contributed by atoms with Gasteiger partial charge in [0, 0.05) is 18.9 Å². The number of aromatic nitrogens is 3. The van der Waals surface area contributed by atoms with Crippen molar-refractivity contribution in [3.8, 4) is 0 Å². The molecule has 0 saturated heterocycles. The molecule has 0 saturated carbocycles. The molecule has 2 heterocycles. The minimum atomic E-state index is -3.97. The average molecular weight is 282 g/mol. The highest BCUT2D eigenvalue weighted by Gasteiger charge is 2.24. The Kier molecular flexibility index (Phi) is 3.58. The average Bonchev–Trinajstić information content (AvgIpc) is 2.88. The Labute approximate surface area is 108 Å². The van der Waals surface area contributed by atoms with E-state index in [4.69, 9.17) is 5.11 Å². The van der Waals surface area contributed by atoms with Crippen molar-refractivity contribution in [2.45, 2.75) is 11.6 Å². The number of aromatic amines is 1. The molecule has 9 heteroatoms. The van der Waals surface area contributed by atoms with Crippen LogP contribution >= 0.6 is 0 Å². The van der Waals surface area contributed by atoms with Crippen molar-refractivity contribution >= 4 is 16.0 Å². The van der Waals surface area contributed by atoms with Gasteiger partial charge in [-0.05, 0) is 11.6 Å². The lowest BCUT2D eigenvalue weighted by atomic mass is 10.3. The van der Waals surface area contributed by atoms with Crippen LogP contribution in [0.2, 0.25) is 0 Å². The van der Waals surface area contributed by atoms with E-state index in [0.717, 1.165) is 6.20 Å². The monoisotopic (exact) mass is 282 g/mol. The first-order chi connectivity index (χ1) is 9.00. The molecule has 0 spiro atoms. The van der Waals surface area contributed by atoms with E-state index in [1.165, 1.54) is 6.20 Å². The molecule has 2 aromatic rings. The molecule has 0 fully saturated rings. The lowest BCUT2D eigenvalue weighted by Gasteiger charge is -2.05. The molecule has 0 radical (unpaired) electrons. The summed E-state index contributed by atoms with van der Waals surface area (Å²) in [6.07, 6.45) is 4.02. The van der Waals surface area contributed by atoms with E-state index < -0.39 is 26.6 Å². The van der Waals surface area contributed by atoms with E-state index in [-0.39, 0.29) is 6.54 Å². The van der Waals surface area contributed by atoms with Crippen molar-refractivity contribution in [3.05, 3.63) is 41.9 Å². The van der Waals surface area contributed by atoms with E-state index >= 15 is 0 Å². The van der Waals surface area contributed by atoms with E-state index in [0.29, 0.717) is 5.56 Å². The van der Waals surface area contributed by atoms with Crippen LogP contribution in [0.3, 0.4) is 0 Å². The summed E-state index contributed by atoms with van der Waals surface area (Å²) in [5.74, 6) is -1.37. The Morgan fingerprint density at radius 3 is 2.84 bits per heavy atom. The molecule has 0 aliphatic rings. The minimum absolute atomic E-state index is 0.00819. The van der Waals surface area contributed by atoms with Gasteiger partial charge in [-0.25, -0.2) is 17.9 Å². The summed E-state index contributed by atoms with van der Waals surface area (Å²) < 4.78 is 26.1. The number of carbonyl (C=O) groups is 1. The van der Waals surface area contributed by atoms with Crippen LogP contribution in [0.5, 0.6) is 0 Å². The molecule has 0 aliphatic carbocycles. The van der Waals surface area contributed by atoms with Gasteiger partial charge in [-0.15, -0.1) is 0 Å². The van der Waals surface area contributed by atoms with Gasteiger partial charge in [0.05, 0.1) is 6.20 Å². The molecule has 0 aliphatic heterocycles. The number of H-pyrrole nitrogens is 1. The summed E-state index contributed by atoms with van der Waals surface area (Å²) in [4.78, 5) is 14.7. The zero-order chi connectivity index (χ0) is 13.9. The number of hydrogen-bond acceptors (Lipinski definition) is 5. The predicted octanol–water partition coefficient (Wildman–Crippen LogP) is -0.0186. The number of nitrogens with zero attached hydrogens (tertiary/aromatic N) is 2. The molecular formula is C10H10N4O4S. The number of carboxylic acids is 1. The first kappa shape index (κ1) is 13.2. The highest BCUT2D eigenvalue weighted by Crippen LogP contribution is 2.12. The van der Waals surface area contributed by atoms with Crippen LogP contribution in [0.15, 0.2) is 35.7 Å². The normalized spacial score (nSPS) is 11.4. The molecule has 8 nitrogen and oxygen atoms in total. The van der Waals surface area contributed by atoms with Gasteiger partial charge in [-0.3, -0.25) is 10.1 Å². The number of nitrogens with one attached hydrogen (secondary N) is 2. The molecule has 0 amide bonds. The third-order valence-corrected chi connectivity index (χ3v) is 3.67. The van der Waals surface area contributed by atoms with Crippen molar-refractivity contribution in [1.82, 2.24) is 19.9 Å². The van der Waals surface area contributed by atoms with Crippen molar-refractivity contribution in [2.24, 2.45) is 0 Å². The lowest BCUT2D eigenvalue weighted by Crippen LogP contribution is -2.25. The quantitative estimate of drug-likeness (QED) is 0.707. The van der Waals surface area contributed by atoms with Crippen LogP contribution in [0.4, 0.5) is 0 Å². The number of sulfonamides is 1. The van der Waals surface area contributed by atoms with Crippen molar-refractivity contribution in [1.29, 1.82) is 0 Å². The van der Waals surface area contributed by atoms with Gasteiger partial charge in [-0.1, -0.05) is 6.07 Å². The summed E-state index contributed by atoms with van der Waals surface area (Å²) in [6, 6.07) is 3.36. The van der Waals surface area contributed by atoms with E-state index in [9.17, 15) is 13.2 Å². The maximum atomic E-state index is 11.9. The maximum absolute atomic E-state index is 11.9. The van der Waals surface area contributed by atoms with Gasteiger partial charge in [-0.2, -0.15) is 5.10 Å². The summed E-state index contributed by atoms with van der Waals surface area (Å²) in [6.45, 7) is 0.00819. The summed E-state index contributed by atoms with van der Waals surface area (Å²) in [5.41, 5.74) is 0.251. The Balaban J connectivity index is 2.19. The van der Waals surface area contributed by atoms with Gasteiger partial charge in [0.2, 0.25) is 0 Å². The fourth-order valence-corrected chi connectivity index (χ4v) is 2.49. The summed E-state index contributed by atoms with van der Waals surface area (Å²) >= 11 is 0. The van der Waals surface area contributed by atoms with Crippen LogP contribution < -0.4 is 4.72 Å². The zero-order valence-electron chi connectivity index (χ0n) is 9.57. The van der Waals surface area contributed by atoms with Gasteiger partial charge < -0.3 is 5.11 Å². The molecule has 0 unspecified atom stereocenters. The summed E-state index contributed by atoms with van der Waals surface area (Å²) in [5, 5.41) is 14.0. The third-order valence-electron chi connectivity index (χ3n) is 2.29. The SMILES string of the molecule is O=C(O)c1cn[nH]c1S(=O)(=O)NCc1cccnc1. The second-order valence-electron chi connectivity index (χ2n) is 3.60. The molecule has 3 N–H and O–H groups in total. The molecule has 0 atom stereocenters. The topological polar surface area (TPSA) is 125 Å². The fourth-order valence-electron chi connectivity index (χ4n) is 1.38. The molecule has 100 valence electrons. The number of carboxylic acid groups (broad SMARTS) is 1.